The van der Waals surface area contributed by atoms with Crippen molar-refractivity contribution in [3.63, 3.8) is 0 Å². The Kier molecular flexibility index (Phi) is 4.64. The van der Waals surface area contributed by atoms with Crippen LogP contribution in [0.15, 0.2) is 0 Å². The van der Waals surface area contributed by atoms with Crippen molar-refractivity contribution in [1.29, 1.82) is 0 Å². The highest BCUT2D eigenvalue weighted by Crippen LogP contribution is 2.38. The maximum atomic E-state index is 12.5. The zero-order valence-electron chi connectivity index (χ0n) is 15.1. The molecule has 7 heteroatoms. The summed E-state index contributed by atoms with van der Waals surface area (Å²) in [5, 5.41) is 2.69. The van der Waals surface area contributed by atoms with Gasteiger partial charge in [0.05, 0.1) is 6.54 Å². The van der Waals surface area contributed by atoms with E-state index in [1.165, 1.54) is 0 Å². The lowest BCUT2D eigenvalue weighted by molar-refractivity contribution is -0.00502. The summed E-state index contributed by atoms with van der Waals surface area (Å²) in [4.78, 5) is 27.9. The van der Waals surface area contributed by atoms with E-state index in [2.05, 4.69) is 17.3 Å². The molecule has 0 aliphatic carbocycles. The van der Waals surface area contributed by atoms with Crippen LogP contribution in [-0.2, 0) is 9.47 Å². The number of ether oxygens (including phenoxy) is 2. The van der Waals surface area contributed by atoms with Crippen molar-refractivity contribution < 1.29 is 19.1 Å². The Morgan fingerprint density at radius 3 is 2.46 bits per heavy atom. The Balaban J connectivity index is 1.56. The van der Waals surface area contributed by atoms with Crippen LogP contribution in [0.2, 0.25) is 0 Å². The zero-order chi connectivity index (χ0) is 17.5. The molecule has 3 fully saturated rings. The van der Waals surface area contributed by atoms with Crippen molar-refractivity contribution in [1.82, 2.24) is 15.1 Å². The molecule has 0 radical (unpaired) electrons. The minimum atomic E-state index is -0.455. The normalized spacial score (nSPS) is 32.7. The van der Waals surface area contributed by atoms with E-state index in [0.717, 1.165) is 32.2 Å². The average molecular weight is 339 g/mol. The van der Waals surface area contributed by atoms with Gasteiger partial charge in [-0.15, -0.1) is 0 Å². The van der Waals surface area contributed by atoms with E-state index in [-0.39, 0.29) is 30.4 Å². The highest BCUT2D eigenvalue weighted by Gasteiger charge is 2.46. The van der Waals surface area contributed by atoms with Crippen LogP contribution >= 0.6 is 0 Å². The van der Waals surface area contributed by atoms with E-state index in [9.17, 15) is 9.59 Å². The number of piperidine rings is 1. The van der Waals surface area contributed by atoms with E-state index in [4.69, 9.17) is 9.47 Å². The Bertz CT molecular complexity index is 491. The van der Waals surface area contributed by atoms with Crippen LogP contribution < -0.4 is 5.32 Å². The number of cyclic esters (lactones) is 1. The lowest BCUT2D eigenvalue weighted by Crippen LogP contribution is -2.53. The van der Waals surface area contributed by atoms with E-state index < -0.39 is 5.60 Å². The molecule has 3 unspecified atom stereocenters. The molecule has 3 aliphatic rings. The Morgan fingerprint density at radius 1 is 1.33 bits per heavy atom. The van der Waals surface area contributed by atoms with Crippen LogP contribution in [0.3, 0.4) is 0 Å². The smallest absolute Gasteiger partial charge is 0.410 e. The average Bonchev–Trinajstić information content (AvgIpc) is 2.98. The summed E-state index contributed by atoms with van der Waals surface area (Å²) in [6, 6.07) is 0.936. The maximum Gasteiger partial charge on any atom is 0.410 e. The molecule has 7 nitrogen and oxygen atoms in total. The van der Waals surface area contributed by atoms with Gasteiger partial charge in [-0.25, -0.2) is 9.59 Å². The van der Waals surface area contributed by atoms with E-state index in [0.29, 0.717) is 12.6 Å². The number of amides is 2. The number of hydrogen-bond acceptors (Lipinski definition) is 5. The first kappa shape index (κ1) is 17.3. The van der Waals surface area contributed by atoms with Crippen molar-refractivity contribution >= 4 is 12.2 Å². The molecule has 3 saturated heterocycles. The van der Waals surface area contributed by atoms with Gasteiger partial charge in [0.1, 0.15) is 11.7 Å². The van der Waals surface area contributed by atoms with Crippen LogP contribution in [0.1, 0.15) is 46.5 Å². The maximum absolute atomic E-state index is 12.5. The first-order chi connectivity index (χ1) is 11.2. The third-order valence-electron chi connectivity index (χ3n) is 5.18. The molecule has 0 aromatic rings. The Hall–Kier alpha value is -1.50. The van der Waals surface area contributed by atoms with Gasteiger partial charge >= 0.3 is 12.2 Å². The van der Waals surface area contributed by atoms with Gasteiger partial charge < -0.3 is 19.7 Å². The third kappa shape index (κ3) is 3.77. The molecule has 1 N–H and O–H groups in total. The summed E-state index contributed by atoms with van der Waals surface area (Å²) in [5.74, 6) is 0. The molecule has 3 atom stereocenters. The molecular weight excluding hydrogens is 310 g/mol. The van der Waals surface area contributed by atoms with Gasteiger partial charge in [0, 0.05) is 24.7 Å². The largest absolute Gasteiger partial charge is 0.444 e. The van der Waals surface area contributed by atoms with E-state index in [1.807, 2.05) is 25.7 Å². The molecule has 3 aliphatic heterocycles. The highest BCUT2D eigenvalue weighted by molar-refractivity contribution is 5.70. The Labute approximate surface area is 143 Å². The minimum Gasteiger partial charge on any atom is -0.444 e. The summed E-state index contributed by atoms with van der Waals surface area (Å²) in [7, 11) is 2.08. The van der Waals surface area contributed by atoms with Crippen molar-refractivity contribution in [2.24, 2.45) is 0 Å². The predicted octanol–water partition coefficient (Wildman–Crippen LogP) is 1.96. The number of alkyl carbamates (subject to hydrolysis) is 1. The lowest BCUT2D eigenvalue weighted by Gasteiger charge is -2.42. The van der Waals surface area contributed by atoms with E-state index in [1.54, 1.807) is 0 Å². The van der Waals surface area contributed by atoms with E-state index >= 15 is 0 Å². The summed E-state index contributed by atoms with van der Waals surface area (Å²) >= 11 is 0. The molecule has 3 rings (SSSR count). The van der Waals surface area contributed by atoms with Crippen LogP contribution in [0, 0.1) is 0 Å². The van der Waals surface area contributed by atoms with Crippen molar-refractivity contribution in [3.8, 4) is 0 Å². The van der Waals surface area contributed by atoms with Gasteiger partial charge in [-0.2, -0.15) is 0 Å². The third-order valence-corrected chi connectivity index (χ3v) is 5.18. The molecule has 3 heterocycles. The number of likely N-dealkylation sites (N-methyl/N-ethyl adjacent to an activating group) is 1. The van der Waals surface area contributed by atoms with Gasteiger partial charge in [0.2, 0.25) is 0 Å². The quantitative estimate of drug-likeness (QED) is 0.851. The van der Waals surface area contributed by atoms with Crippen molar-refractivity contribution in [3.05, 3.63) is 0 Å². The SMILES string of the molecule is CN(CC1CNC(=O)O1)C1CC2CCC(C1)N2C(=O)OC(C)(C)C. The molecular formula is C17H29N3O4. The number of nitrogens with one attached hydrogen (secondary N) is 1. The Morgan fingerprint density at radius 2 is 1.96 bits per heavy atom. The number of carbonyl (C=O) groups is 2. The van der Waals surface area contributed by atoms with Crippen LogP contribution in [-0.4, -0.2) is 72.0 Å². The molecule has 0 spiro atoms. The fourth-order valence-electron chi connectivity index (χ4n) is 4.12. The molecule has 0 saturated carbocycles. The first-order valence-corrected chi connectivity index (χ1v) is 8.89. The van der Waals surface area contributed by atoms with Gasteiger partial charge in [0.15, 0.2) is 0 Å². The molecule has 2 bridgehead atoms. The predicted molar refractivity (Wildman–Crippen MR) is 88.8 cm³/mol. The van der Waals surface area contributed by atoms with Gasteiger partial charge in [0.25, 0.3) is 0 Å². The summed E-state index contributed by atoms with van der Waals surface area (Å²) in [6.45, 7) is 7.03. The van der Waals surface area contributed by atoms with Gasteiger partial charge in [-0.1, -0.05) is 0 Å². The molecule has 0 aromatic heterocycles. The monoisotopic (exact) mass is 339 g/mol. The summed E-state index contributed by atoms with van der Waals surface area (Å²) in [6.07, 6.45) is 3.44. The number of rotatable bonds is 3. The standard InChI is InChI=1S/C17H29N3O4/c1-17(2,3)24-16(22)20-11-5-6-12(20)8-13(7-11)19(4)10-14-9-18-15(21)23-14/h11-14H,5-10H2,1-4H3,(H,18,21). The van der Waals surface area contributed by atoms with Crippen LogP contribution in [0.25, 0.3) is 0 Å². The van der Waals surface area contributed by atoms with Crippen LogP contribution in [0.4, 0.5) is 9.59 Å². The fraction of sp³-hybridized carbons (Fsp3) is 0.882. The molecule has 136 valence electrons. The molecule has 0 aromatic carbocycles. The van der Waals surface area contributed by atoms with Crippen molar-refractivity contribution in [2.45, 2.75) is 76.3 Å². The first-order valence-electron chi connectivity index (χ1n) is 8.89. The minimum absolute atomic E-state index is 0.0796. The van der Waals surface area contributed by atoms with Gasteiger partial charge in [-0.3, -0.25) is 4.90 Å². The number of carbonyl (C=O) groups excluding carboxylic acids is 2. The summed E-state index contributed by atoms with van der Waals surface area (Å²) < 4.78 is 10.8. The topological polar surface area (TPSA) is 71.1 Å². The van der Waals surface area contributed by atoms with Crippen molar-refractivity contribution in [2.75, 3.05) is 20.1 Å². The molecule has 2 amide bonds. The number of nitrogens with zero attached hydrogens (tertiary/aromatic N) is 2. The summed E-state index contributed by atoms with van der Waals surface area (Å²) in [5.41, 5.74) is -0.455. The second-order valence-corrected chi connectivity index (χ2v) is 8.25. The van der Waals surface area contributed by atoms with Gasteiger partial charge in [-0.05, 0) is 53.5 Å². The molecule has 24 heavy (non-hydrogen) atoms. The van der Waals surface area contributed by atoms with Crippen LogP contribution in [0.5, 0.6) is 0 Å². The second-order valence-electron chi connectivity index (χ2n) is 8.25. The number of fused-ring (bicyclic) bond motifs is 2. The zero-order valence-corrected chi connectivity index (χ0v) is 15.1. The number of hydrogen-bond donors (Lipinski definition) is 1. The lowest BCUT2D eigenvalue weighted by atomic mass is 9.96. The second kappa shape index (κ2) is 6.43. The fourth-order valence-corrected chi connectivity index (χ4v) is 4.12. The highest BCUT2D eigenvalue weighted by atomic mass is 16.6.